The van der Waals surface area contributed by atoms with Crippen LogP contribution < -0.4 is 10.1 Å². The van der Waals surface area contributed by atoms with Gasteiger partial charge < -0.3 is 10.1 Å². The maximum absolute atomic E-state index is 12.0. The van der Waals surface area contributed by atoms with Crippen molar-refractivity contribution in [3.8, 4) is 5.75 Å². The number of carbonyl (C=O) groups is 1. The van der Waals surface area contributed by atoms with Crippen molar-refractivity contribution in [3.05, 3.63) is 53.3 Å². The number of rotatable bonds is 7. The second-order valence-electron chi connectivity index (χ2n) is 5.14. The van der Waals surface area contributed by atoms with Gasteiger partial charge in [0.1, 0.15) is 5.75 Å². The van der Waals surface area contributed by atoms with E-state index in [9.17, 15) is 4.79 Å². The van der Waals surface area contributed by atoms with Crippen LogP contribution in [0.4, 0.5) is 5.69 Å². The molecule has 122 valence electrons. The minimum absolute atomic E-state index is 0.131. The molecule has 0 atom stereocenters. The van der Waals surface area contributed by atoms with Gasteiger partial charge in [-0.2, -0.15) is 0 Å². The van der Waals surface area contributed by atoms with Crippen LogP contribution in [0.3, 0.4) is 0 Å². The molecule has 0 unspecified atom stereocenters. The van der Waals surface area contributed by atoms with Crippen LogP contribution in [0, 0.1) is 0 Å². The highest BCUT2D eigenvalue weighted by molar-refractivity contribution is 6.32. The van der Waals surface area contributed by atoms with Crippen LogP contribution in [-0.4, -0.2) is 36.0 Å². The summed E-state index contributed by atoms with van der Waals surface area (Å²) in [5.74, 6) is 0.719. The molecule has 0 bridgehead atoms. The summed E-state index contributed by atoms with van der Waals surface area (Å²) in [6.07, 6.45) is 1.58. The Morgan fingerprint density at radius 2 is 2.04 bits per heavy atom. The molecule has 5 nitrogen and oxygen atoms in total. The molecule has 0 aliphatic carbocycles. The number of hydrogen-bond acceptors (Lipinski definition) is 4. The van der Waals surface area contributed by atoms with E-state index < -0.39 is 0 Å². The van der Waals surface area contributed by atoms with Crippen LogP contribution in [0.15, 0.2) is 42.6 Å². The molecule has 0 aliphatic rings. The van der Waals surface area contributed by atoms with E-state index in [0.29, 0.717) is 18.8 Å². The molecule has 0 aliphatic heterocycles. The highest BCUT2D eigenvalue weighted by Gasteiger charge is 2.09. The lowest BCUT2D eigenvalue weighted by molar-refractivity contribution is -0.117. The number of carbonyl (C=O) groups excluding carboxylic acids is 1. The quantitative estimate of drug-likeness (QED) is 0.790. The number of anilines is 1. The Bertz CT molecular complexity index is 647. The number of pyridine rings is 1. The molecule has 1 N–H and O–H groups in total. The van der Waals surface area contributed by atoms with E-state index in [2.05, 4.69) is 10.3 Å². The Kier molecular flexibility index (Phi) is 6.38. The molecule has 0 saturated carbocycles. The second-order valence-corrected chi connectivity index (χ2v) is 5.50. The second kappa shape index (κ2) is 8.50. The summed E-state index contributed by atoms with van der Waals surface area (Å²) < 4.78 is 5.41. The van der Waals surface area contributed by atoms with Gasteiger partial charge in [-0.3, -0.25) is 9.69 Å². The van der Waals surface area contributed by atoms with Gasteiger partial charge in [-0.25, -0.2) is 4.98 Å². The van der Waals surface area contributed by atoms with E-state index in [-0.39, 0.29) is 17.6 Å². The summed E-state index contributed by atoms with van der Waals surface area (Å²) in [6, 6.07) is 11.3. The van der Waals surface area contributed by atoms with E-state index >= 15 is 0 Å². The third-order valence-electron chi connectivity index (χ3n) is 3.13. The topological polar surface area (TPSA) is 54.5 Å². The summed E-state index contributed by atoms with van der Waals surface area (Å²) >= 11 is 5.92. The van der Waals surface area contributed by atoms with E-state index in [0.717, 1.165) is 11.3 Å². The molecule has 1 amide bonds. The predicted molar refractivity (Wildman–Crippen MR) is 91.8 cm³/mol. The molecular weight excluding hydrogens is 314 g/mol. The SMILES string of the molecule is CCOc1ccc(CN(C)CC(=O)Nc2cccnc2Cl)cc1. The van der Waals surface area contributed by atoms with Crippen LogP contribution in [0.25, 0.3) is 0 Å². The third kappa shape index (κ3) is 5.54. The van der Waals surface area contributed by atoms with Crippen molar-refractivity contribution in [3.63, 3.8) is 0 Å². The fourth-order valence-electron chi connectivity index (χ4n) is 2.14. The number of benzene rings is 1. The van der Waals surface area contributed by atoms with E-state index in [4.69, 9.17) is 16.3 Å². The van der Waals surface area contributed by atoms with Crippen LogP contribution in [-0.2, 0) is 11.3 Å². The average Bonchev–Trinajstić information content (AvgIpc) is 2.51. The number of aromatic nitrogens is 1. The van der Waals surface area contributed by atoms with Crippen LogP contribution in [0.1, 0.15) is 12.5 Å². The van der Waals surface area contributed by atoms with Crippen molar-refractivity contribution in [1.29, 1.82) is 0 Å². The van der Waals surface area contributed by atoms with E-state index in [1.54, 1.807) is 18.3 Å². The Morgan fingerprint density at radius 3 is 2.70 bits per heavy atom. The number of ether oxygens (including phenoxy) is 1. The lowest BCUT2D eigenvalue weighted by Gasteiger charge is -2.17. The largest absolute Gasteiger partial charge is 0.494 e. The van der Waals surface area contributed by atoms with Gasteiger partial charge in [-0.1, -0.05) is 23.7 Å². The van der Waals surface area contributed by atoms with Crippen LogP contribution in [0.2, 0.25) is 5.15 Å². The third-order valence-corrected chi connectivity index (χ3v) is 3.43. The number of amides is 1. The summed E-state index contributed by atoms with van der Waals surface area (Å²) in [7, 11) is 1.89. The van der Waals surface area contributed by atoms with Gasteiger partial charge in [0.05, 0.1) is 18.8 Å². The molecule has 1 heterocycles. The fraction of sp³-hybridized carbons (Fsp3) is 0.294. The van der Waals surface area contributed by atoms with Gasteiger partial charge in [0.25, 0.3) is 0 Å². The Balaban J connectivity index is 1.85. The Morgan fingerprint density at radius 1 is 1.30 bits per heavy atom. The fourth-order valence-corrected chi connectivity index (χ4v) is 2.31. The minimum Gasteiger partial charge on any atom is -0.494 e. The molecule has 2 rings (SSSR count). The van der Waals surface area contributed by atoms with Gasteiger partial charge in [-0.15, -0.1) is 0 Å². The van der Waals surface area contributed by atoms with Crippen molar-refractivity contribution in [1.82, 2.24) is 9.88 Å². The predicted octanol–water partition coefficient (Wildman–Crippen LogP) is 3.20. The Hall–Kier alpha value is -2.11. The number of hydrogen-bond donors (Lipinski definition) is 1. The first-order valence-corrected chi connectivity index (χ1v) is 7.77. The molecule has 0 spiro atoms. The zero-order valence-corrected chi connectivity index (χ0v) is 14.0. The number of nitrogens with one attached hydrogen (secondary N) is 1. The van der Waals surface area contributed by atoms with Gasteiger partial charge >= 0.3 is 0 Å². The van der Waals surface area contributed by atoms with Gasteiger partial charge in [-0.05, 0) is 43.8 Å². The number of halogens is 1. The van der Waals surface area contributed by atoms with E-state index in [1.807, 2.05) is 43.1 Å². The van der Waals surface area contributed by atoms with Crippen molar-refractivity contribution in [2.75, 3.05) is 25.5 Å². The first kappa shape index (κ1) is 17.2. The van der Waals surface area contributed by atoms with Crippen molar-refractivity contribution >= 4 is 23.2 Å². The maximum Gasteiger partial charge on any atom is 0.238 e. The lowest BCUT2D eigenvalue weighted by atomic mass is 10.2. The Labute approximate surface area is 141 Å². The molecular formula is C17H20ClN3O2. The summed E-state index contributed by atoms with van der Waals surface area (Å²) in [5.41, 5.74) is 1.64. The van der Waals surface area contributed by atoms with Gasteiger partial charge in [0.2, 0.25) is 5.91 Å². The zero-order chi connectivity index (χ0) is 16.7. The summed E-state index contributed by atoms with van der Waals surface area (Å²) in [6.45, 7) is 3.53. The standard InChI is InChI=1S/C17H20ClN3O2/c1-3-23-14-8-6-13(7-9-14)11-21(2)12-16(22)20-15-5-4-10-19-17(15)18/h4-10H,3,11-12H2,1-2H3,(H,20,22). The van der Waals surface area contributed by atoms with Crippen molar-refractivity contribution in [2.24, 2.45) is 0 Å². The first-order valence-electron chi connectivity index (χ1n) is 7.39. The molecule has 0 fully saturated rings. The van der Waals surface area contributed by atoms with Gasteiger partial charge in [0.15, 0.2) is 5.15 Å². The number of nitrogens with zero attached hydrogens (tertiary/aromatic N) is 2. The number of likely N-dealkylation sites (N-methyl/N-ethyl adjacent to an activating group) is 1. The normalized spacial score (nSPS) is 10.6. The van der Waals surface area contributed by atoms with Gasteiger partial charge in [0, 0.05) is 12.7 Å². The summed E-state index contributed by atoms with van der Waals surface area (Å²) in [4.78, 5) is 17.9. The van der Waals surface area contributed by atoms with Crippen molar-refractivity contribution < 1.29 is 9.53 Å². The van der Waals surface area contributed by atoms with Crippen molar-refractivity contribution in [2.45, 2.75) is 13.5 Å². The lowest BCUT2D eigenvalue weighted by Crippen LogP contribution is -2.29. The molecule has 1 aromatic carbocycles. The van der Waals surface area contributed by atoms with Crippen LogP contribution >= 0.6 is 11.6 Å². The monoisotopic (exact) mass is 333 g/mol. The van der Waals surface area contributed by atoms with E-state index in [1.165, 1.54) is 0 Å². The molecule has 6 heteroatoms. The molecule has 0 saturated heterocycles. The molecule has 1 aromatic heterocycles. The first-order chi connectivity index (χ1) is 11.1. The highest BCUT2D eigenvalue weighted by Crippen LogP contribution is 2.17. The minimum atomic E-state index is -0.131. The molecule has 23 heavy (non-hydrogen) atoms. The zero-order valence-electron chi connectivity index (χ0n) is 13.3. The average molecular weight is 334 g/mol. The maximum atomic E-state index is 12.0. The summed E-state index contributed by atoms with van der Waals surface area (Å²) in [5, 5.41) is 3.04. The highest BCUT2D eigenvalue weighted by atomic mass is 35.5. The molecule has 2 aromatic rings. The smallest absolute Gasteiger partial charge is 0.238 e. The molecule has 0 radical (unpaired) electrons. The van der Waals surface area contributed by atoms with Crippen LogP contribution in [0.5, 0.6) is 5.75 Å².